The Hall–Kier alpha value is 0.550. The topological polar surface area (TPSA) is 40.1 Å². The largest absolute Gasteiger partial charge is 1.00 e. The van der Waals surface area contributed by atoms with Crippen LogP contribution in [-0.2, 0) is 16.8 Å². The van der Waals surface area contributed by atoms with Gasteiger partial charge in [0.1, 0.15) is 5.82 Å². The maximum absolute atomic E-state index is 12.5. The summed E-state index contributed by atoms with van der Waals surface area (Å²) in [5, 5.41) is 0.264. The van der Waals surface area contributed by atoms with Gasteiger partial charge in [0.05, 0.1) is 0 Å². The first kappa shape index (κ1) is 13.5. The third-order valence-electron chi connectivity index (χ3n) is 1.28. The van der Waals surface area contributed by atoms with Crippen LogP contribution < -0.4 is 29.6 Å². The molecule has 1 unspecified atom stereocenters. The van der Waals surface area contributed by atoms with Crippen molar-refractivity contribution < 1.29 is 42.7 Å². The van der Waals surface area contributed by atoms with Gasteiger partial charge >= 0.3 is 29.6 Å². The summed E-state index contributed by atoms with van der Waals surface area (Å²) in [6.07, 6.45) is 0. The van der Waals surface area contributed by atoms with Crippen molar-refractivity contribution in [3.05, 3.63) is 34.6 Å². The van der Waals surface area contributed by atoms with Crippen LogP contribution in [0, 0.1) is 5.82 Å². The van der Waals surface area contributed by atoms with Gasteiger partial charge in [-0.05, 0) is 23.8 Å². The van der Waals surface area contributed by atoms with Gasteiger partial charge in [-0.1, -0.05) is 22.7 Å². The van der Waals surface area contributed by atoms with Crippen molar-refractivity contribution in [2.75, 3.05) is 0 Å². The van der Waals surface area contributed by atoms with E-state index in [0.717, 1.165) is 6.07 Å². The molecule has 13 heavy (non-hydrogen) atoms. The van der Waals surface area contributed by atoms with Crippen LogP contribution >= 0.6 is 11.6 Å². The molecule has 2 nitrogen and oxygen atoms in total. The molecule has 1 aromatic carbocycles. The van der Waals surface area contributed by atoms with Crippen molar-refractivity contribution in [1.29, 1.82) is 0 Å². The smallest absolute Gasteiger partial charge is 0.772 e. The van der Waals surface area contributed by atoms with Crippen molar-refractivity contribution in [2.45, 2.75) is 5.75 Å². The van der Waals surface area contributed by atoms with E-state index in [0.29, 0.717) is 0 Å². The zero-order valence-corrected chi connectivity index (χ0v) is 10.5. The van der Waals surface area contributed by atoms with Crippen molar-refractivity contribution in [2.24, 2.45) is 0 Å². The van der Waals surface area contributed by atoms with Gasteiger partial charge in [0.25, 0.3) is 0 Å². The number of hydrogen-bond donors (Lipinski definition) is 0. The second-order valence-electron chi connectivity index (χ2n) is 2.18. The quantitative estimate of drug-likeness (QED) is 0.476. The molecule has 1 atom stereocenters. The van der Waals surface area contributed by atoms with Gasteiger partial charge in [-0.25, -0.2) is 4.39 Å². The van der Waals surface area contributed by atoms with Crippen molar-refractivity contribution in [3.8, 4) is 0 Å². The van der Waals surface area contributed by atoms with Crippen LogP contribution in [0.5, 0.6) is 0 Å². The molecule has 1 aromatic rings. The van der Waals surface area contributed by atoms with Crippen LogP contribution in [-0.4, -0.2) is 8.76 Å². The summed E-state index contributed by atoms with van der Waals surface area (Å²) in [6, 6.07) is 3.62. The van der Waals surface area contributed by atoms with Crippen LogP contribution in [0.1, 0.15) is 5.56 Å². The minimum absolute atomic E-state index is 0. The van der Waals surface area contributed by atoms with Crippen molar-refractivity contribution in [3.63, 3.8) is 0 Å². The molecule has 0 saturated heterocycles. The van der Waals surface area contributed by atoms with Gasteiger partial charge in [0, 0.05) is 10.8 Å². The predicted molar refractivity (Wildman–Crippen MR) is 44.0 cm³/mol. The molecule has 0 bridgehead atoms. The Morgan fingerprint density at radius 2 is 2.15 bits per heavy atom. The minimum Gasteiger partial charge on any atom is -0.772 e. The van der Waals surface area contributed by atoms with Crippen LogP contribution in [0.15, 0.2) is 18.2 Å². The standard InChI is InChI=1S/C7H6ClFO2S.Na/c8-7-2-1-6(9)3-5(7)4-12(10)11;/h1-3H,4H2,(H,10,11);/q;+1/p-1. The van der Waals surface area contributed by atoms with Gasteiger partial charge in [-0.15, -0.1) is 0 Å². The summed E-state index contributed by atoms with van der Waals surface area (Å²) < 4.78 is 33.0. The van der Waals surface area contributed by atoms with E-state index in [1.165, 1.54) is 12.1 Å². The average Bonchev–Trinajstić information content (AvgIpc) is 1.96. The maximum atomic E-state index is 12.5. The number of hydrogen-bond acceptors (Lipinski definition) is 2. The van der Waals surface area contributed by atoms with E-state index in [4.69, 9.17) is 11.6 Å². The van der Waals surface area contributed by atoms with E-state index in [1.54, 1.807) is 0 Å². The van der Waals surface area contributed by atoms with E-state index >= 15 is 0 Å². The zero-order chi connectivity index (χ0) is 9.14. The van der Waals surface area contributed by atoms with Gasteiger partial charge in [0.2, 0.25) is 0 Å². The average molecular weight is 231 g/mol. The number of halogens is 2. The molecule has 0 radical (unpaired) electrons. The Bertz CT molecular complexity index is 321. The SMILES string of the molecule is O=S([O-])Cc1cc(F)ccc1Cl.[Na+]. The molecule has 0 saturated carbocycles. The molecule has 66 valence electrons. The Morgan fingerprint density at radius 1 is 1.54 bits per heavy atom. The molecule has 1 rings (SSSR count). The second-order valence-corrected chi connectivity index (χ2v) is 3.49. The molecule has 0 aliphatic carbocycles. The molecule has 6 heteroatoms. The summed E-state index contributed by atoms with van der Waals surface area (Å²) in [6.45, 7) is 0. The fourth-order valence-electron chi connectivity index (χ4n) is 0.781. The zero-order valence-electron chi connectivity index (χ0n) is 6.92. The summed E-state index contributed by atoms with van der Waals surface area (Å²) >= 11 is 3.36. The third-order valence-corrected chi connectivity index (χ3v) is 2.20. The van der Waals surface area contributed by atoms with Crippen molar-refractivity contribution in [1.82, 2.24) is 0 Å². The normalized spacial score (nSPS) is 11.9. The Morgan fingerprint density at radius 3 is 2.69 bits per heavy atom. The maximum Gasteiger partial charge on any atom is 1.00 e. The predicted octanol–water partition coefficient (Wildman–Crippen LogP) is -1.14. The Labute approximate surface area is 105 Å². The fraction of sp³-hybridized carbons (Fsp3) is 0.143. The summed E-state index contributed by atoms with van der Waals surface area (Å²) in [7, 11) is 0. The molecule has 0 amide bonds. The number of benzene rings is 1. The molecule has 0 fully saturated rings. The Kier molecular flexibility index (Phi) is 6.37. The first-order valence-corrected chi connectivity index (χ1v) is 4.71. The summed E-state index contributed by atoms with van der Waals surface area (Å²) in [5.74, 6) is -0.740. The van der Waals surface area contributed by atoms with E-state index < -0.39 is 16.9 Å². The molecule has 0 aliphatic heterocycles. The van der Waals surface area contributed by atoms with Gasteiger partial charge in [-0.2, -0.15) is 0 Å². The van der Waals surface area contributed by atoms with E-state index in [9.17, 15) is 13.2 Å². The van der Waals surface area contributed by atoms with Crippen LogP contribution in [0.2, 0.25) is 5.02 Å². The van der Waals surface area contributed by atoms with E-state index in [2.05, 4.69) is 0 Å². The second kappa shape index (κ2) is 6.11. The molecular formula is C7H5ClFNaO2S. The van der Waals surface area contributed by atoms with Gasteiger partial charge < -0.3 is 4.55 Å². The van der Waals surface area contributed by atoms with Crippen LogP contribution in [0.25, 0.3) is 0 Å². The van der Waals surface area contributed by atoms with Gasteiger partial charge in [0.15, 0.2) is 0 Å². The summed E-state index contributed by atoms with van der Waals surface area (Å²) in [4.78, 5) is 0. The molecule has 0 heterocycles. The van der Waals surface area contributed by atoms with E-state index in [1.807, 2.05) is 0 Å². The monoisotopic (exact) mass is 230 g/mol. The molecule has 0 aromatic heterocycles. The van der Waals surface area contributed by atoms with Crippen LogP contribution in [0.4, 0.5) is 4.39 Å². The molecule has 0 N–H and O–H groups in total. The first-order valence-electron chi connectivity index (χ1n) is 3.09. The molecule has 0 aliphatic rings. The summed E-state index contributed by atoms with van der Waals surface area (Å²) in [5.41, 5.74) is 0.282. The molecule has 0 spiro atoms. The Balaban J connectivity index is 0.00000144. The van der Waals surface area contributed by atoms with E-state index in [-0.39, 0.29) is 45.9 Å². The fourth-order valence-corrected chi connectivity index (χ4v) is 1.54. The molecular weight excluding hydrogens is 226 g/mol. The number of rotatable bonds is 2. The third kappa shape index (κ3) is 4.54. The minimum atomic E-state index is -2.24. The first-order chi connectivity index (χ1) is 5.59. The van der Waals surface area contributed by atoms with Crippen LogP contribution in [0.3, 0.4) is 0 Å². The van der Waals surface area contributed by atoms with Crippen molar-refractivity contribution >= 4 is 22.7 Å². The van der Waals surface area contributed by atoms with Gasteiger partial charge in [-0.3, -0.25) is 4.21 Å².